The Morgan fingerprint density at radius 1 is 1.50 bits per heavy atom. The van der Waals surface area contributed by atoms with Gasteiger partial charge in [0.2, 0.25) is 5.91 Å². The molecule has 1 amide bonds. The van der Waals surface area contributed by atoms with Gasteiger partial charge in [-0.2, -0.15) is 0 Å². The number of hydrogen-bond donors (Lipinski definition) is 2. The zero-order valence-electron chi connectivity index (χ0n) is 9.05. The minimum atomic E-state index is -0.603. The van der Waals surface area contributed by atoms with E-state index in [4.69, 9.17) is 0 Å². The molecule has 82 valence electrons. The van der Waals surface area contributed by atoms with Crippen molar-refractivity contribution in [1.29, 1.82) is 0 Å². The predicted molar refractivity (Wildman–Crippen MR) is 55.0 cm³/mol. The Balaban J connectivity index is 2.16. The number of amides is 1. The third-order valence-corrected chi connectivity index (χ3v) is 2.75. The van der Waals surface area contributed by atoms with Crippen molar-refractivity contribution in [2.45, 2.75) is 32.3 Å². The minimum Gasteiger partial charge on any atom is -0.386 e. The fourth-order valence-electron chi connectivity index (χ4n) is 1.59. The van der Waals surface area contributed by atoms with Crippen LogP contribution in [0.2, 0.25) is 0 Å². The van der Waals surface area contributed by atoms with Crippen LogP contribution < -0.4 is 5.32 Å². The molecule has 0 saturated carbocycles. The first-order chi connectivity index (χ1) is 6.61. The fourth-order valence-corrected chi connectivity index (χ4v) is 1.59. The lowest BCUT2D eigenvalue weighted by Gasteiger charge is -2.46. The van der Waals surface area contributed by atoms with Crippen molar-refractivity contribution in [3.05, 3.63) is 0 Å². The van der Waals surface area contributed by atoms with Crippen LogP contribution in [-0.4, -0.2) is 47.7 Å². The average molecular weight is 200 g/mol. The number of β-amino-alcohol motifs (C(OH)–C–C–N with tert-alkyl or cyclic N) is 1. The van der Waals surface area contributed by atoms with E-state index < -0.39 is 5.60 Å². The zero-order chi connectivity index (χ0) is 10.6. The van der Waals surface area contributed by atoms with Gasteiger partial charge in [-0.1, -0.05) is 13.8 Å². The van der Waals surface area contributed by atoms with Gasteiger partial charge < -0.3 is 15.3 Å². The van der Waals surface area contributed by atoms with Gasteiger partial charge in [0.05, 0.1) is 18.7 Å². The smallest absolute Gasteiger partial charge is 0.224 e. The second-order valence-corrected chi connectivity index (χ2v) is 3.93. The minimum absolute atomic E-state index is 0.143. The molecule has 0 aromatic carbocycles. The quantitative estimate of drug-likeness (QED) is 0.613. The second kappa shape index (κ2) is 4.75. The normalized spacial score (nSPS) is 19.2. The van der Waals surface area contributed by atoms with E-state index in [1.54, 1.807) is 4.90 Å². The summed E-state index contributed by atoms with van der Waals surface area (Å²) in [4.78, 5) is 13.2. The van der Waals surface area contributed by atoms with Crippen LogP contribution in [0.5, 0.6) is 0 Å². The zero-order valence-corrected chi connectivity index (χ0v) is 9.05. The third-order valence-electron chi connectivity index (χ3n) is 2.75. The van der Waals surface area contributed by atoms with E-state index in [1.165, 1.54) is 0 Å². The Morgan fingerprint density at radius 3 is 2.64 bits per heavy atom. The Labute approximate surface area is 85.3 Å². The van der Waals surface area contributed by atoms with Crippen LogP contribution in [0.3, 0.4) is 0 Å². The molecule has 1 aliphatic rings. The summed E-state index contributed by atoms with van der Waals surface area (Å²) in [5.74, 6) is 0.143. The van der Waals surface area contributed by atoms with Crippen molar-refractivity contribution in [1.82, 2.24) is 10.2 Å². The highest BCUT2D eigenvalue weighted by atomic mass is 16.3. The molecule has 1 heterocycles. The van der Waals surface area contributed by atoms with E-state index in [-0.39, 0.29) is 5.91 Å². The van der Waals surface area contributed by atoms with Gasteiger partial charge in [-0.25, -0.2) is 0 Å². The Morgan fingerprint density at radius 2 is 2.14 bits per heavy atom. The topological polar surface area (TPSA) is 52.6 Å². The lowest BCUT2D eigenvalue weighted by Crippen LogP contribution is -2.63. The summed E-state index contributed by atoms with van der Waals surface area (Å²) in [5.41, 5.74) is -0.603. The van der Waals surface area contributed by atoms with Crippen LogP contribution >= 0.6 is 0 Å². The molecule has 1 fully saturated rings. The van der Waals surface area contributed by atoms with Crippen LogP contribution in [0.25, 0.3) is 0 Å². The monoisotopic (exact) mass is 200 g/mol. The first kappa shape index (κ1) is 11.5. The summed E-state index contributed by atoms with van der Waals surface area (Å²) in [6.45, 7) is 6.61. The van der Waals surface area contributed by atoms with Crippen LogP contribution in [-0.2, 0) is 4.79 Å². The number of aliphatic hydroxyl groups is 1. The van der Waals surface area contributed by atoms with Gasteiger partial charge in [-0.05, 0) is 13.0 Å². The van der Waals surface area contributed by atoms with E-state index in [2.05, 4.69) is 5.32 Å². The van der Waals surface area contributed by atoms with Gasteiger partial charge in [0.25, 0.3) is 0 Å². The van der Waals surface area contributed by atoms with E-state index in [1.807, 2.05) is 13.8 Å². The molecule has 0 bridgehead atoms. The molecule has 4 nitrogen and oxygen atoms in total. The second-order valence-electron chi connectivity index (χ2n) is 3.93. The molecule has 1 rings (SSSR count). The van der Waals surface area contributed by atoms with E-state index >= 15 is 0 Å². The Kier molecular flexibility index (Phi) is 3.89. The molecule has 0 atom stereocenters. The molecule has 1 saturated heterocycles. The van der Waals surface area contributed by atoms with Gasteiger partial charge >= 0.3 is 0 Å². The van der Waals surface area contributed by atoms with Crippen LogP contribution in [0.15, 0.2) is 0 Å². The van der Waals surface area contributed by atoms with Crippen molar-refractivity contribution in [3.8, 4) is 0 Å². The van der Waals surface area contributed by atoms with Gasteiger partial charge in [0.15, 0.2) is 0 Å². The number of likely N-dealkylation sites (tertiary alicyclic amines) is 1. The Hall–Kier alpha value is -0.610. The molecule has 4 heteroatoms. The van der Waals surface area contributed by atoms with Gasteiger partial charge in [0.1, 0.15) is 0 Å². The standard InChI is InChI=1S/C10H20N2O2/c1-3-10(14)7-12(8-10)9(13)5-6-11-4-2/h11,14H,3-8H2,1-2H3. The van der Waals surface area contributed by atoms with Gasteiger partial charge in [0, 0.05) is 13.0 Å². The lowest BCUT2D eigenvalue weighted by atomic mass is 9.91. The van der Waals surface area contributed by atoms with Gasteiger partial charge in [-0.3, -0.25) is 4.79 Å². The molecule has 14 heavy (non-hydrogen) atoms. The number of nitrogens with one attached hydrogen (secondary N) is 1. The van der Waals surface area contributed by atoms with Crippen molar-refractivity contribution in [3.63, 3.8) is 0 Å². The molecular weight excluding hydrogens is 180 g/mol. The molecule has 0 aliphatic carbocycles. The van der Waals surface area contributed by atoms with Crippen molar-refractivity contribution in [2.75, 3.05) is 26.2 Å². The van der Waals surface area contributed by atoms with E-state index in [0.717, 1.165) is 19.5 Å². The van der Waals surface area contributed by atoms with Gasteiger partial charge in [-0.15, -0.1) is 0 Å². The number of carbonyl (C=O) groups excluding carboxylic acids is 1. The molecule has 0 radical (unpaired) electrons. The maximum absolute atomic E-state index is 11.5. The summed E-state index contributed by atoms with van der Waals surface area (Å²) in [5, 5.41) is 12.8. The van der Waals surface area contributed by atoms with E-state index in [9.17, 15) is 9.90 Å². The summed E-state index contributed by atoms with van der Waals surface area (Å²) < 4.78 is 0. The molecule has 0 aromatic rings. The predicted octanol–water partition coefficient (Wildman–Crippen LogP) is -0.0307. The SMILES string of the molecule is CCNCCC(=O)N1CC(O)(CC)C1. The number of nitrogens with zero attached hydrogens (tertiary/aromatic N) is 1. The summed E-state index contributed by atoms with van der Waals surface area (Å²) in [7, 11) is 0. The maximum Gasteiger partial charge on any atom is 0.224 e. The van der Waals surface area contributed by atoms with Crippen LogP contribution in [0.4, 0.5) is 0 Å². The first-order valence-corrected chi connectivity index (χ1v) is 5.32. The highest BCUT2D eigenvalue weighted by molar-refractivity contribution is 5.77. The first-order valence-electron chi connectivity index (χ1n) is 5.32. The highest BCUT2D eigenvalue weighted by Gasteiger charge is 2.41. The Bertz CT molecular complexity index is 200. The molecule has 2 N–H and O–H groups in total. The largest absolute Gasteiger partial charge is 0.386 e. The molecule has 0 unspecified atom stereocenters. The highest BCUT2D eigenvalue weighted by Crippen LogP contribution is 2.24. The molecule has 0 spiro atoms. The average Bonchev–Trinajstić information content (AvgIpc) is 2.13. The molecular formula is C10H20N2O2. The lowest BCUT2D eigenvalue weighted by molar-refractivity contribution is -0.155. The van der Waals surface area contributed by atoms with Crippen molar-refractivity contribution >= 4 is 5.91 Å². The number of carbonyl (C=O) groups is 1. The van der Waals surface area contributed by atoms with Crippen molar-refractivity contribution in [2.24, 2.45) is 0 Å². The molecule has 1 aliphatic heterocycles. The molecule has 0 aromatic heterocycles. The third kappa shape index (κ3) is 2.69. The van der Waals surface area contributed by atoms with Crippen molar-refractivity contribution < 1.29 is 9.90 Å². The van der Waals surface area contributed by atoms with Crippen LogP contribution in [0, 0.1) is 0 Å². The van der Waals surface area contributed by atoms with E-state index in [0.29, 0.717) is 19.5 Å². The summed E-state index contributed by atoms with van der Waals surface area (Å²) in [6, 6.07) is 0. The van der Waals surface area contributed by atoms with Crippen LogP contribution in [0.1, 0.15) is 26.7 Å². The summed E-state index contributed by atoms with van der Waals surface area (Å²) >= 11 is 0. The maximum atomic E-state index is 11.5. The fraction of sp³-hybridized carbons (Fsp3) is 0.900. The number of rotatable bonds is 5. The summed E-state index contributed by atoms with van der Waals surface area (Å²) in [6.07, 6.45) is 1.26. The number of hydrogen-bond acceptors (Lipinski definition) is 3.